The van der Waals surface area contributed by atoms with Crippen molar-refractivity contribution < 1.29 is 0 Å². The van der Waals surface area contributed by atoms with E-state index in [0.717, 1.165) is 30.9 Å². The van der Waals surface area contributed by atoms with E-state index in [9.17, 15) is 4.79 Å². The summed E-state index contributed by atoms with van der Waals surface area (Å²) < 4.78 is 2.15. The molecule has 2 heterocycles. The van der Waals surface area contributed by atoms with Crippen molar-refractivity contribution >= 4 is 29.6 Å². The normalized spacial score (nSPS) is 14.3. The number of H-pyrrole nitrogens is 1. The molecule has 2 aromatic rings. The Hall–Kier alpha value is -1.63. The molecule has 1 aliphatic rings. The van der Waals surface area contributed by atoms with Crippen molar-refractivity contribution in [3.63, 3.8) is 0 Å². The summed E-state index contributed by atoms with van der Waals surface area (Å²) in [6, 6.07) is 7.47. The van der Waals surface area contributed by atoms with Gasteiger partial charge in [-0.15, -0.1) is 0 Å². The van der Waals surface area contributed by atoms with Crippen LogP contribution < -0.4 is 10.9 Å². The quantitative estimate of drug-likeness (QED) is 0.828. The predicted molar refractivity (Wildman–Crippen MR) is 96.0 cm³/mol. The predicted octanol–water partition coefficient (Wildman–Crippen LogP) is 3.53. The lowest BCUT2D eigenvalue weighted by atomic mass is 10.2. The standard InChI is InChI=1S/C16H19ClN4OS/c1-2-3-8-20-9-11-14(18-10-20)21(16(23)19-15(11)22)13-7-5-4-6-12(13)17/h4-7,18H,2-3,8-10H2,1H3,(H,19,22,23). The first-order valence-corrected chi connectivity index (χ1v) is 8.49. The number of fused-ring (bicyclic) bond motifs is 1. The van der Waals surface area contributed by atoms with Crippen LogP contribution in [0.4, 0.5) is 5.82 Å². The zero-order chi connectivity index (χ0) is 16.4. The maximum absolute atomic E-state index is 12.3. The molecule has 0 atom stereocenters. The SMILES string of the molecule is CCCCN1CNc2c(c(=O)[nH]c(=S)n2-c2ccccc2Cl)C1. The molecule has 0 bridgehead atoms. The van der Waals surface area contributed by atoms with Crippen LogP contribution in [0.25, 0.3) is 5.69 Å². The highest BCUT2D eigenvalue weighted by molar-refractivity contribution is 7.71. The fourth-order valence-electron chi connectivity index (χ4n) is 2.77. The molecule has 1 aromatic carbocycles. The summed E-state index contributed by atoms with van der Waals surface area (Å²) in [6.45, 7) is 4.42. The number of hydrogen-bond acceptors (Lipinski definition) is 4. The topological polar surface area (TPSA) is 53.1 Å². The Morgan fingerprint density at radius 2 is 2.13 bits per heavy atom. The fourth-order valence-corrected chi connectivity index (χ4v) is 3.28. The number of nitrogens with one attached hydrogen (secondary N) is 2. The van der Waals surface area contributed by atoms with Gasteiger partial charge in [0.05, 0.1) is 22.9 Å². The van der Waals surface area contributed by atoms with Gasteiger partial charge in [-0.05, 0) is 30.8 Å². The van der Waals surface area contributed by atoms with Crippen LogP contribution in [-0.2, 0) is 6.54 Å². The second-order valence-electron chi connectivity index (χ2n) is 5.61. The van der Waals surface area contributed by atoms with Crippen molar-refractivity contribution in [2.45, 2.75) is 26.3 Å². The fraction of sp³-hybridized carbons (Fsp3) is 0.375. The molecule has 5 nitrogen and oxygen atoms in total. The average molecular weight is 351 g/mol. The van der Waals surface area contributed by atoms with Gasteiger partial charge < -0.3 is 5.32 Å². The molecule has 0 amide bonds. The molecule has 122 valence electrons. The lowest BCUT2D eigenvalue weighted by Crippen LogP contribution is -2.39. The van der Waals surface area contributed by atoms with Gasteiger partial charge >= 0.3 is 0 Å². The first kappa shape index (κ1) is 16.2. The Labute approximate surface area is 144 Å². The molecule has 0 aliphatic carbocycles. The minimum Gasteiger partial charge on any atom is -0.358 e. The van der Waals surface area contributed by atoms with Gasteiger partial charge in [0.25, 0.3) is 5.56 Å². The van der Waals surface area contributed by atoms with Crippen molar-refractivity contribution in [1.82, 2.24) is 14.5 Å². The zero-order valence-electron chi connectivity index (χ0n) is 12.9. The summed E-state index contributed by atoms with van der Waals surface area (Å²) in [6.07, 6.45) is 2.24. The van der Waals surface area contributed by atoms with Gasteiger partial charge in [-0.2, -0.15) is 0 Å². The van der Waals surface area contributed by atoms with Crippen LogP contribution in [0.5, 0.6) is 0 Å². The third-order valence-corrected chi connectivity index (χ3v) is 4.58. The van der Waals surface area contributed by atoms with E-state index in [1.807, 2.05) is 28.8 Å². The number of benzene rings is 1. The molecular formula is C16H19ClN4OS. The summed E-state index contributed by atoms with van der Waals surface area (Å²) in [7, 11) is 0. The summed E-state index contributed by atoms with van der Waals surface area (Å²) in [5.41, 5.74) is 1.32. The first-order chi connectivity index (χ1) is 11.1. The third-order valence-electron chi connectivity index (χ3n) is 3.98. The Morgan fingerprint density at radius 1 is 1.35 bits per heavy atom. The number of aromatic amines is 1. The molecule has 23 heavy (non-hydrogen) atoms. The molecule has 0 saturated carbocycles. The van der Waals surface area contributed by atoms with Crippen LogP contribution in [0, 0.1) is 4.77 Å². The zero-order valence-corrected chi connectivity index (χ0v) is 14.5. The maximum Gasteiger partial charge on any atom is 0.258 e. The van der Waals surface area contributed by atoms with Crippen molar-refractivity contribution in [2.75, 3.05) is 18.5 Å². The van der Waals surface area contributed by atoms with Crippen molar-refractivity contribution in [1.29, 1.82) is 0 Å². The van der Waals surface area contributed by atoms with Gasteiger partial charge in [0.15, 0.2) is 4.77 Å². The Kier molecular flexibility index (Phi) is 4.84. The van der Waals surface area contributed by atoms with E-state index in [0.29, 0.717) is 28.6 Å². The number of para-hydroxylation sites is 1. The summed E-state index contributed by atoms with van der Waals surface area (Å²) in [5.74, 6) is 0.736. The molecular weight excluding hydrogens is 332 g/mol. The van der Waals surface area contributed by atoms with Crippen molar-refractivity contribution in [3.8, 4) is 5.69 Å². The average Bonchev–Trinajstić information content (AvgIpc) is 2.55. The second kappa shape index (κ2) is 6.86. The lowest BCUT2D eigenvalue weighted by molar-refractivity contribution is 0.268. The number of nitrogens with zero attached hydrogens (tertiary/aromatic N) is 2. The summed E-state index contributed by atoms with van der Waals surface area (Å²) >= 11 is 11.7. The molecule has 1 aliphatic heterocycles. The van der Waals surface area contributed by atoms with Gasteiger partial charge in [-0.3, -0.25) is 19.2 Å². The highest BCUT2D eigenvalue weighted by atomic mass is 35.5. The van der Waals surface area contributed by atoms with Crippen molar-refractivity contribution in [3.05, 3.63) is 50.0 Å². The van der Waals surface area contributed by atoms with Gasteiger partial charge in [0.1, 0.15) is 5.82 Å². The number of aromatic nitrogens is 2. The number of unbranched alkanes of at least 4 members (excludes halogenated alkanes) is 1. The van der Waals surface area contributed by atoms with Crippen LogP contribution >= 0.6 is 23.8 Å². The lowest BCUT2D eigenvalue weighted by Gasteiger charge is -2.31. The first-order valence-electron chi connectivity index (χ1n) is 7.71. The molecule has 2 N–H and O–H groups in total. The molecule has 0 spiro atoms. The Bertz CT molecular complexity index is 830. The Balaban J connectivity index is 2.09. The van der Waals surface area contributed by atoms with E-state index < -0.39 is 0 Å². The smallest absolute Gasteiger partial charge is 0.258 e. The van der Waals surface area contributed by atoms with Crippen LogP contribution in [-0.4, -0.2) is 27.7 Å². The summed E-state index contributed by atoms with van der Waals surface area (Å²) in [4.78, 5) is 17.3. The van der Waals surface area contributed by atoms with Crippen LogP contribution in [0.3, 0.4) is 0 Å². The van der Waals surface area contributed by atoms with Crippen LogP contribution in [0.2, 0.25) is 5.02 Å². The number of halogens is 1. The molecule has 7 heteroatoms. The minimum atomic E-state index is -0.137. The molecule has 0 fully saturated rings. The number of hydrogen-bond donors (Lipinski definition) is 2. The monoisotopic (exact) mass is 350 g/mol. The van der Waals surface area contributed by atoms with Gasteiger partial charge in [0, 0.05) is 13.1 Å². The number of rotatable bonds is 4. The molecule has 3 rings (SSSR count). The number of anilines is 1. The van der Waals surface area contributed by atoms with E-state index in [1.165, 1.54) is 0 Å². The van der Waals surface area contributed by atoms with Crippen LogP contribution in [0.1, 0.15) is 25.3 Å². The van der Waals surface area contributed by atoms with E-state index in [2.05, 4.69) is 22.1 Å². The highest BCUT2D eigenvalue weighted by Gasteiger charge is 2.22. The summed E-state index contributed by atoms with van der Waals surface area (Å²) in [5, 5.41) is 3.93. The largest absolute Gasteiger partial charge is 0.358 e. The molecule has 0 radical (unpaired) electrons. The van der Waals surface area contributed by atoms with Gasteiger partial charge in [-0.1, -0.05) is 37.1 Å². The third kappa shape index (κ3) is 3.20. The highest BCUT2D eigenvalue weighted by Crippen LogP contribution is 2.27. The minimum absolute atomic E-state index is 0.137. The second-order valence-corrected chi connectivity index (χ2v) is 6.41. The van der Waals surface area contributed by atoms with E-state index in [4.69, 9.17) is 23.8 Å². The molecule has 1 aromatic heterocycles. The van der Waals surface area contributed by atoms with E-state index >= 15 is 0 Å². The maximum atomic E-state index is 12.3. The molecule has 0 unspecified atom stereocenters. The van der Waals surface area contributed by atoms with E-state index in [1.54, 1.807) is 0 Å². The van der Waals surface area contributed by atoms with Crippen molar-refractivity contribution in [2.24, 2.45) is 0 Å². The molecule has 0 saturated heterocycles. The Morgan fingerprint density at radius 3 is 2.87 bits per heavy atom. The van der Waals surface area contributed by atoms with Gasteiger partial charge in [-0.25, -0.2) is 0 Å². The van der Waals surface area contributed by atoms with Crippen LogP contribution in [0.15, 0.2) is 29.1 Å². The van der Waals surface area contributed by atoms with E-state index in [-0.39, 0.29) is 5.56 Å². The van der Waals surface area contributed by atoms with Gasteiger partial charge in [0.2, 0.25) is 0 Å².